The minimum Gasteiger partial charge on any atom is -0.457 e. The van der Waals surface area contributed by atoms with Crippen molar-refractivity contribution in [3.8, 4) is 11.5 Å². The highest BCUT2D eigenvalue weighted by Crippen LogP contribution is 2.22. The molecule has 0 radical (unpaired) electrons. The van der Waals surface area contributed by atoms with Crippen molar-refractivity contribution in [1.29, 1.82) is 0 Å². The van der Waals surface area contributed by atoms with Crippen LogP contribution in [0.4, 0.5) is 5.69 Å². The molecule has 0 saturated carbocycles. The van der Waals surface area contributed by atoms with Gasteiger partial charge < -0.3 is 10.1 Å². The lowest BCUT2D eigenvalue weighted by Crippen LogP contribution is -2.11. The van der Waals surface area contributed by atoms with Crippen molar-refractivity contribution in [3.05, 3.63) is 89.5 Å². The number of amides is 1. The molecule has 3 aromatic carbocycles. The van der Waals surface area contributed by atoms with Gasteiger partial charge in [0.25, 0.3) is 5.91 Å². The van der Waals surface area contributed by atoms with E-state index >= 15 is 0 Å². The molecular weight excluding hydrogens is 322 g/mol. The van der Waals surface area contributed by atoms with E-state index in [4.69, 9.17) is 4.74 Å². The minimum atomic E-state index is -0.135. The third-order valence-corrected chi connectivity index (χ3v) is 4.21. The SMILES string of the molecule is Cc1ccc(Oc2ccc(C(=O)Nc3ccc(C(C)C)cc3)cc2)cc1. The first-order valence-electron chi connectivity index (χ1n) is 8.77. The Kier molecular flexibility index (Phi) is 5.37. The predicted molar refractivity (Wildman–Crippen MR) is 106 cm³/mol. The van der Waals surface area contributed by atoms with Crippen LogP contribution in [-0.2, 0) is 0 Å². The molecule has 0 bridgehead atoms. The Hall–Kier alpha value is -3.07. The first-order chi connectivity index (χ1) is 12.5. The topological polar surface area (TPSA) is 38.3 Å². The standard InChI is InChI=1S/C23H23NO2/c1-16(2)18-6-10-20(11-7-18)24-23(25)19-8-14-22(15-9-19)26-21-12-4-17(3)5-13-21/h4-16H,1-3H3,(H,24,25). The third-order valence-electron chi connectivity index (χ3n) is 4.21. The molecule has 0 spiro atoms. The van der Waals surface area contributed by atoms with E-state index in [1.54, 1.807) is 24.3 Å². The smallest absolute Gasteiger partial charge is 0.255 e. The second-order valence-corrected chi connectivity index (χ2v) is 6.67. The van der Waals surface area contributed by atoms with Gasteiger partial charge in [-0.2, -0.15) is 0 Å². The van der Waals surface area contributed by atoms with E-state index in [0.29, 0.717) is 17.2 Å². The van der Waals surface area contributed by atoms with Gasteiger partial charge in [0, 0.05) is 11.3 Å². The highest BCUT2D eigenvalue weighted by atomic mass is 16.5. The summed E-state index contributed by atoms with van der Waals surface area (Å²) in [6, 6.07) is 22.9. The van der Waals surface area contributed by atoms with E-state index in [1.807, 2.05) is 55.5 Å². The summed E-state index contributed by atoms with van der Waals surface area (Å²) in [5.74, 6) is 1.81. The summed E-state index contributed by atoms with van der Waals surface area (Å²) < 4.78 is 5.79. The maximum absolute atomic E-state index is 12.4. The maximum atomic E-state index is 12.4. The second kappa shape index (κ2) is 7.87. The molecule has 3 heteroatoms. The molecule has 3 nitrogen and oxygen atoms in total. The van der Waals surface area contributed by atoms with Gasteiger partial charge in [-0.15, -0.1) is 0 Å². The van der Waals surface area contributed by atoms with Crippen LogP contribution in [0.2, 0.25) is 0 Å². The van der Waals surface area contributed by atoms with Crippen molar-refractivity contribution < 1.29 is 9.53 Å². The zero-order valence-corrected chi connectivity index (χ0v) is 15.3. The lowest BCUT2D eigenvalue weighted by atomic mass is 10.0. The maximum Gasteiger partial charge on any atom is 0.255 e. The van der Waals surface area contributed by atoms with Crippen molar-refractivity contribution in [1.82, 2.24) is 0 Å². The molecular formula is C23H23NO2. The summed E-state index contributed by atoms with van der Waals surface area (Å²) in [5.41, 5.74) is 3.82. The van der Waals surface area contributed by atoms with Crippen molar-refractivity contribution in [2.24, 2.45) is 0 Å². The summed E-state index contributed by atoms with van der Waals surface area (Å²) in [7, 11) is 0. The largest absolute Gasteiger partial charge is 0.457 e. The summed E-state index contributed by atoms with van der Waals surface area (Å²) in [5, 5.41) is 2.92. The summed E-state index contributed by atoms with van der Waals surface area (Å²) >= 11 is 0. The molecule has 0 aliphatic rings. The Labute approximate surface area is 154 Å². The van der Waals surface area contributed by atoms with Crippen LogP contribution >= 0.6 is 0 Å². The Bertz CT molecular complexity index is 864. The molecule has 0 heterocycles. The molecule has 3 rings (SSSR count). The van der Waals surface area contributed by atoms with Gasteiger partial charge >= 0.3 is 0 Å². The number of carbonyl (C=O) groups excluding carboxylic acids is 1. The second-order valence-electron chi connectivity index (χ2n) is 6.67. The number of ether oxygens (including phenoxy) is 1. The fraction of sp³-hybridized carbons (Fsp3) is 0.174. The van der Waals surface area contributed by atoms with E-state index in [2.05, 4.69) is 19.2 Å². The van der Waals surface area contributed by atoms with E-state index in [0.717, 1.165) is 11.4 Å². The van der Waals surface area contributed by atoms with Gasteiger partial charge in [0.1, 0.15) is 11.5 Å². The Morgan fingerprint density at radius 2 is 1.35 bits per heavy atom. The van der Waals surface area contributed by atoms with Gasteiger partial charge in [-0.05, 0) is 66.9 Å². The molecule has 26 heavy (non-hydrogen) atoms. The average Bonchev–Trinajstić information content (AvgIpc) is 2.64. The fourth-order valence-corrected chi connectivity index (χ4v) is 2.57. The summed E-state index contributed by atoms with van der Waals surface area (Å²) in [6.07, 6.45) is 0. The van der Waals surface area contributed by atoms with Gasteiger partial charge in [0.05, 0.1) is 0 Å². The Morgan fingerprint density at radius 1 is 0.808 bits per heavy atom. The van der Waals surface area contributed by atoms with E-state index < -0.39 is 0 Å². The molecule has 0 aliphatic heterocycles. The molecule has 0 unspecified atom stereocenters. The van der Waals surface area contributed by atoms with Crippen LogP contribution in [-0.4, -0.2) is 5.91 Å². The van der Waals surface area contributed by atoms with Crippen LogP contribution in [0.25, 0.3) is 0 Å². The molecule has 0 saturated heterocycles. The monoisotopic (exact) mass is 345 g/mol. The van der Waals surface area contributed by atoms with Crippen molar-refractivity contribution >= 4 is 11.6 Å². The zero-order valence-electron chi connectivity index (χ0n) is 15.3. The van der Waals surface area contributed by atoms with Gasteiger partial charge in [0.15, 0.2) is 0 Å². The van der Waals surface area contributed by atoms with Crippen LogP contribution < -0.4 is 10.1 Å². The summed E-state index contributed by atoms with van der Waals surface area (Å²) in [4.78, 5) is 12.4. The highest BCUT2D eigenvalue weighted by molar-refractivity contribution is 6.04. The van der Waals surface area contributed by atoms with Crippen LogP contribution in [0, 0.1) is 6.92 Å². The number of carbonyl (C=O) groups is 1. The molecule has 1 N–H and O–H groups in total. The van der Waals surface area contributed by atoms with E-state index in [1.165, 1.54) is 11.1 Å². The normalized spacial score (nSPS) is 10.6. The first-order valence-corrected chi connectivity index (χ1v) is 8.77. The van der Waals surface area contributed by atoms with Gasteiger partial charge in [-0.25, -0.2) is 0 Å². The number of hydrogen-bond acceptors (Lipinski definition) is 2. The lowest BCUT2D eigenvalue weighted by Gasteiger charge is -2.09. The zero-order chi connectivity index (χ0) is 18.5. The van der Waals surface area contributed by atoms with Crippen LogP contribution in [0.3, 0.4) is 0 Å². The molecule has 0 atom stereocenters. The Balaban J connectivity index is 1.63. The molecule has 0 aromatic heterocycles. The minimum absolute atomic E-state index is 0.135. The van der Waals surface area contributed by atoms with Crippen molar-refractivity contribution in [2.45, 2.75) is 26.7 Å². The number of benzene rings is 3. The first kappa shape index (κ1) is 17.7. The number of nitrogens with one attached hydrogen (secondary N) is 1. The number of aryl methyl sites for hydroxylation is 1. The van der Waals surface area contributed by atoms with Crippen LogP contribution in [0.1, 0.15) is 41.3 Å². The quantitative estimate of drug-likeness (QED) is 0.601. The fourth-order valence-electron chi connectivity index (χ4n) is 2.57. The highest BCUT2D eigenvalue weighted by Gasteiger charge is 2.07. The third kappa shape index (κ3) is 4.51. The molecule has 0 aliphatic carbocycles. The molecule has 3 aromatic rings. The van der Waals surface area contributed by atoms with Crippen LogP contribution in [0.15, 0.2) is 72.8 Å². The van der Waals surface area contributed by atoms with Crippen molar-refractivity contribution in [3.63, 3.8) is 0 Å². The number of hydrogen-bond donors (Lipinski definition) is 1. The Morgan fingerprint density at radius 3 is 1.88 bits per heavy atom. The van der Waals surface area contributed by atoms with E-state index in [-0.39, 0.29) is 5.91 Å². The molecule has 132 valence electrons. The van der Waals surface area contributed by atoms with Crippen LogP contribution in [0.5, 0.6) is 11.5 Å². The average molecular weight is 345 g/mol. The van der Waals surface area contributed by atoms with Gasteiger partial charge in [0.2, 0.25) is 0 Å². The molecule has 1 amide bonds. The van der Waals surface area contributed by atoms with Crippen molar-refractivity contribution in [2.75, 3.05) is 5.32 Å². The lowest BCUT2D eigenvalue weighted by molar-refractivity contribution is 0.102. The number of rotatable bonds is 5. The van der Waals surface area contributed by atoms with E-state index in [9.17, 15) is 4.79 Å². The molecule has 0 fully saturated rings. The van der Waals surface area contributed by atoms with Gasteiger partial charge in [-0.1, -0.05) is 43.7 Å². The predicted octanol–water partition coefficient (Wildman–Crippen LogP) is 6.16. The number of anilines is 1. The van der Waals surface area contributed by atoms with Gasteiger partial charge in [-0.3, -0.25) is 4.79 Å². The summed E-state index contributed by atoms with van der Waals surface area (Å²) in [6.45, 7) is 6.33.